The van der Waals surface area contributed by atoms with Crippen molar-refractivity contribution in [2.75, 3.05) is 11.9 Å². The van der Waals surface area contributed by atoms with Crippen molar-refractivity contribution >= 4 is 67.0 Å². The molecule has 6 rings (SSSR count). The summed E-state index contributed by atoms with van der Waals surface area (Å²) < 4.78 is 1.13. The molecule has 180 valence electrons. The first kappa shape index (κ1) is 23.6. The maximum atomic E-state index is 13.3. The fourth-order valence-electron chi connectivity index (χ4n) is 4.57. The molecule has 0 unspecified atom stereocenters. The largest absolute Gasteiger partial charge is 0.313 e. The van der Waals surface area contributed by atoms with E-state index in [0.717, 1.165) is 51.8 Å². The molecule has 0 bridgehead atoms. The second kappa shape index (κ2) is 9.96. The molecule has 0 saturated heterocycles. The highest BCUT2D eigenvalue weighted by atomic mass is 35.5. The van der Waals surface area contributed by atoms with Crippen molar-refractivity contribution in [1.29, 1.82) is 0 Å². The minimum atomic E-state index is -0.251. The number of nitrogens with one attached hydrogen (secondary N) is 1. The lowest BCUT2D eigenvalue weighted by atomic mass is 10.0. The summed E-state index contributed by atoms with van der Waals surface area (Å²) in [6.07, 6.45) is 0.904. The van der Waals surface area contributed by atoms with Gasteiger partial charge in [0.25, 0.3) is 5.91 Å². The van der Waals surface area contributed by atoms with Crippen LogP contribution in [0.25, 0.3) is 20.8 Å². The standard InChI is InChI=1S/C28H21Cl2N3OS2/c29-18-10-11-19(21(30)14-18)26(34)32-28-25(27-31-22-8-4-5-9-23(22)35-27)20-12-13-33(16-24(20)36-28)15-17-6-2-1-3-7-17/h1-11,14H,12-13,15-16H2,(H,32,34). The second-order valence-corrected chi connectivity index (χ2v) is 11.7. The lowest BCUT2D eigenvalue weighted by Gasteiger charge is -2.27. The van der Waals surface area contributed by atoms with Crippen LogP contribution in [0.2, 0.25) is 10.0 Å². The SMILES string of the molecule is O=C(Nc1sc2c(c1-c1nc3ccccc3s1)CCN(Cc1ccccc1)C2)c1ccc(Cl)cc1Cl. The van der Waals surface area contributed by atoms with Crippen molar-refractivity contribution in [3.05, 3.63) is 104 Å². The molecule has 1 amide bonds. The van der Waals surface area contributed by atoms with E-state index < -0.39 is 0 Å². The first-order valence-electron chi connectivity index (χ1n) is 11.6. The van der Waals surface area contributed by atoms with E-state index >= 15 is 0 Å². The Morgan fingerprint density at radius 2 is 1.81 bits per heavy atom. The molecule has 0 aliphatic carbocycles. The fraction of sp³-hybridized carbons (Fsp3) is 0.143. The number of fused-ring (bicyclic) bond motifs is 2. The average Bonchev–Trinajstić information content (AvgIpc) is 3.44. The molecule has 5 aromatic rings. The van der Waals surface area contributed by atoms with E-state index in [1.165, 1.54) is 16.0 Å². The molecule has 3 aromatic carbocycles. The molecule has 0 saturated carbocycles. The number of hydrogen-bond acceptors (Lipinski definition) is 5. The summed E-state index contributed by atoms with van der Waals surface area (Å²) in [6, 6.07) is 23.6. The minimum Gasteiger partial charge on any atom is -0.313 e. The number of hydrogen-bond donors (Lipinski definition) is 1. The number of anilines is 1. The molecule has 4 nitrogen and oxygen atoms in total. The molecule has 36 heavy (non-hydrogen) atoms. The number of amides is 1. The van der Waals surface area contributed by atoms with E-state index in [1.54, 1.807) is 40.9 Å². The van der Waals surface area contributed by atoms with Gasteiger partial charge >= 0.3 is 0 Å². The molecular formula is C28H21Cl2N3OS2. The zero-order chi connectivity index (χ0) is 24.6. The molecule has 3 heterocycles. The molecule has 1 aliphatic heterocycles. The Balaban J connectivity index is 1.38. The number of thiazole rings is 1. The number of nitrogens with zero attached hydrogens (tertiary/aromatic N) is 2. The highest BCUT2D eigenvalue weighted by molar-refractivity contribution is 7.23. The smallest absolute Gasteiger partial charge is 0.257 e. The number of halogens is 2. The predicted octanol–water partition coefficient (Wildman–Crippen LogP) is 8.14. The van der Waals surface area contributed by atoms with Gasteiger partial charge in [-0.05, 0) is 47.9 Å². The van der Waals surface area contributed by atoms with Gasteiger partial charge in [-0.3, -0.25) is 9.69 Å². The number of carbonyl (C=O) groups is 1. The molecule has 0 atom stereocenters. The van der Waals surface area contributed by atoms with E-state index in [0.29, 0.717) is 15.6 Å². The summed E-state index contributed by atoms with van der Waals surface area (Å²) in [7, 11) is 0. The van der Waals surface area contributed by atoms with Gasteiger partial charge in [-0.25, -0.2) is 4.98 Å². The van der Waals surface area contributed by atoms with Crippen LogP contribution in [0, 0.1) is 0 Å². The Kier molecular flexibility index (Phi) is 6.54. The Labute approximate surface area is 227 Å². The highest BCUT2D eigenvalue weighted by Gasteiger charge is 2.28. The molecular weight excluding hydrogens is 529 g/mol. The number of thiophene rings is 1. The Bertz CT molecular complexity index is 1550. The van der Waals surface area contributed by atoms with Crippen molar-refractivity contribution in [1.82, 2.24) is 9.88 Å². The first-order chi connectivity index (χ1) is 17.5. The van der Waals surface area contributed by atoms with Crippen LogP contribution in [-0.4, -0.2) is 22.3 Å². The van der Waals surface area contributed by atoms with Crippen molar-refractivity contribution in [2.24, 2.45) is 0 Å². The van der Waals surface area contributed by atoms with Crippen LogP contribution in [-0.2, 0) is 19.5 Å². The van der Waals surface area contributed by atoms with Gasteiger partial charge in [-0.15, -0.1) is 22.7 Å². The van der Waals surface area contributed by atoms with Crippen LogP contribution < -0.4 is 5.32 Å². The van der Waals surface area contributed by atoms with Gasteiger partial charge in [0.1, 0.15) is 10.0 Å². The number of para-hydroxylation sites is 1. The molecule has 2 aromatic heterocycles. The first-order valence-corrected chi connectivity index (χ1v) is 14.0. The summed E-state index contributed by atoms with van der Waals surface area (Å²) in [6.45, 7) is 2.69. The molecule has 0 spiro atoms. The maximum Gasteiger partial charge on any atom is 0.257 e. The summed E-state index contributed by atoms with van der Waals surface area (Å²) in [5, 5.41) is 5.73. The Morgan fingerprint density at radius 3 is 2.61 bits per heavy atom. The van der Waals surface area contributed by atoms with Gasteiger partial charge in [0, 0.05) is 35.1 Å². The highest BCUT2D eigenvalue weighted by Crippen LogP contribution is 2.46. The third-order valence-corrected chi connectivity index (χ3v) is 9.03. The van der Waals surface area contributed by atoms with Gasteiger partial charge in [0.05, 0.1) is 20.8 Å². The van der Waals surface area contributed by atoms with Gasteiger partial charge in [0.2, 0.25) is 0 Å². The van der Waals surface area contributed by atoms with Crippen LogP contribution in [0.1, 0.15) is 26.4 Å². The third-order valence-electron chi connectivity index (χ3n) is 6.30. The molecule has 0 radical (unpaired) electrons. The normalized spacial score (nSPS) is 13.6. The van der Waals surface area contributed by atoms with E-state index in [9.17, 15) is 4.79 Å². The van der Waals surface area contributed by atoms with E-state index in [-0.39, 0.29) is 5.91 Å². The van der Waals surface area contributed by atoms with E-state index in [1.807, 2.05) is 24.3 Å². The lowest BCUT2D eigenvalue weighted by molar-refractivity contribution is 0.102. The van der Waals surface area contributed by atoms with E-state index in [4.69, 9.17) is 28.2 Å². The molecule has 0 fully saturated rings. The summed E-state index contributed by atoms with van der Waals surface area (Å²) in [5.74, 6) is -0.251. The molecule has 8 heteroatoms. The third kappa shape index (κ3) is 4.67. The van der Waals surface area contributed by atoms with Crippen molar-refractivity contribution in [3.8, 4) is 10.6 Å². The monoisotopic (exact) mass is 549 g/mol. The predicted molar refractivity (Wildman–Crippen MR) is 152 cm³/mol. The Morgan fingerprint density at radius 1 is 1.00 bits per heavy atom. The zero-order valence-electron chi connectivity index (χ0n) is 19.1. The van der Waals surface area contributed by atoms with Crippen LogP contribution in [0.5, 0.6) is 0 Å². The maximum absolute atomic E-state index is 13.3. The minimum absolute atomic E-state index is 0.251. The summed E-state index contributed by atoms with van der Waals surface area (Å²) >= 11 is 15.7. The van der Waals surface area contributed by atoms with Gasteiger partial charge in [-0.2, -0.15) is 0 Å². The van der Waals surface area contributed by atoms with Crippen LogP contribution in [0.4, 0.5) is 5.00 Å². The topological polar surface area (TPSA) is 45.2 Å². The zero-order valence-corrected chi connectivity index (χ0v) is 22.3. The van der Waals surface area contributed by atoms with Crippen LogP contribution >= 0.6 is 45.9 Å². The van der Waals surface area contributed by atoms with Crippen LogP contribution in [0.3, 0.4) is 0 Å². The van der Waals surface area contributed by atoms with Crippen molar-refractivity contribution < 1.29 is 4.79 Å². The number of carbonyl (C=O) groups excluding carboxylic acids is 1. The Hall–Kier alpha value is -2.74. The van der Waals surface area contributed by atoms with Crippen molar-refractivity contribution in [3.63, 3.8) is 0 Å². The average molecular weight is 551 g/mol. The second-order valence-electron chi connectivity index (χ2n) is 8.72. The molecule has 1 N–H and O–H groups in total. The number of benzene rings is 3. The van der Waals surface area contributed by atoms with Crippen LogP contribution in [0.15, 0.2) is 72.8 Å². The quantitative estimate of drug-likeness (QED) is 0.240. The summed E-state index contributed by atoms with van der Waals surface area (Å²) in [4.78, 5) is 21.9. The number of rotatable bonds is 5. The molecule has 1 aliphatic rings. The fourth-order valence-corrected chi connectivity index (χ4v) is 7.46. The lowest BCUT2D eigenvalue weighted by Crippen LogP contribution is -2.29. The van der Waals surface area contributed by atoms with Crippen molar-refractivity contribution in [2.45, 2.75) is 19.5 Å². The summed E-state index contributed by atoms with van der Waals surface area (Å²) in [5.41, 5.74) is 4.98. The van der Waals surface area contributed by atoms with Gasteiger partial charge < -0.3 is 5.32 Å². The van der Waals surface area contributed by atoms with Gasteiger partial charge in [0.15, 0.2) is 0 Å². The number of aromatic nitrogens is 1. The van der Waals surface area contributed by atoms with E-state index in [2.05, 4.69) is 40.5 Å². The van der Waals surface area contributed by atoms with Gasteiger partial charge in [-0.1, -0.05) is 65.7 Å².